The smallest absolute Gasteiger partial charge is 0.0322 e. The van der Waals surface area contributed by atoms with Gasteiger partial charge in [-0.15, -0.1) is 0 Å². The SMILES string of the molecule is Cc1ccc(C)c(C(C)N2CCCC(CNC(C)C)C2)c1. The number of nitrogens with one attached hydrogen (secondary N) is 1. The van der Waals surface area contributed by atoms with Gasteiger partial charge >= 0.3 is 0 Å². The van der Waals surface area contributed by atoms with Gasteiger partial charge in [0.25, 0.3) is 0 Å². The zero-order chi connectivity index (χ0) is 15.4. The van der Waals surface area contributed by atoms with Gasteiger partial charge in [0.05, 0.1) is 0 Å². The molecule has 0 spiro atoms. The first-order chi connectivity index (χ1) is 9.97. The first-order valence-corrected chi connectivity index (χ1v) is 8.52. The molecular weight excluding hydrogens is 256 g/mol. The number of aryl methyl sites for hydroxylation is 2. The second-order valence-corrected chi connectivity index (χ2v) is 7.10. The Balaban J connectivity index is 2.01. The van der Waals surface area contributed by atoms with Crippen LogP contribution in [0.3, 0.4) is 0 Å². The minimum Gasteiger partial charge on any atom is -0.314 e. The molecular formula is C19H32N2. The normalized spacial score (nSPS) is 21.7. The molecule has 2 rings (SSSR count). The molecule has 2 nitrogen and oxygen atoms in total. The largest absolute Gasteiger partial charge is 0.314 e. The molecule has 0 saturated carbocycles. The lowest BCUT2D eigenvalue weighted by atomic mass is 9.93. The Morgan fingerprint density at radius 2 is 2.00 bits per heavy atom. The second kappa shape index (κ2) is 7.42. The Kier molecular flexibility index (Phi) is 5.83. The van der Waals surface area contributed by atoms with E-state index in [4.69, 9.17) is 0 Å². The number of hydrogen-bond acceptors (Lipinski definition) is 2. The lowest BCUT2D eigenvalue weighted by Gasteiger charge is -2.38. The zero-order valence-corrected chi connectivity index (χ0v) is 14.4. The molecule has 1 aromatic rings. The predicted molar refractivity (Wildman–Crippen MR) is 91.8 cm³/mol. The minimum atomic E-state index is 0.534. The summed E-state index contributed by atoms with van der Waals surface area (Å²) in [4.78, 5) is 2.68. The zero-order valence-electron chi connectivity index (χ0n) is 14.4. The molecule has 2 atom stereocenters. The summed E-state index contributed by atoms with van der Waals surface area (Å²) in [6.45, 7) is 14.9. The molecule has 1 N–H and O–H groups in total. The van der Waals surface area contributed by atoms with Crippen molar-refractivity contribution in [2.24, 2.45) is 5.92 Å². The fourth-order valence-corrected chi connectivity index (χ4v) is 3.42. The van der Waals surface area contributed by atoms with Crippen molar-refractivity contribution in [3.8, 4) is 0 Å². The monoisotopic (exact) mass is 288 g/mol. The van der Waals surface area contributed by atoms with Crippen molar-refractivity contribution in [3.63, 3.8) is 0 Å². The lowest BCUT2D eigenvalue weighted by molar-refractivity contribution is 0.129. The molecule has 1 saturated heterocycles. The fraction of sp³-hybridized carbons (Fsp3) is 0.684. The van der Waals surface area contributed by atoms with Crippen LogP contribution in [0, 0.1) is 19.8 Å². The first kappa shape index (κ1) is 16.5. The van der Waals surface area contributed by atoms with Crippen LogP contribution in [0.4, 0.5) is 0 Å². The number of nitrogens with zero attached hydrogens (tertiary/aromatic N) is 1. The first-order valence-electron chi connectivity index (χ1n) is 8.52. The van der Waals surface area contributed by atoms with Crippen molar-refractivity contribution >= 4 is 0 Å². The van der Waals surface area contributed by atoms with Gasteiger partial charge in [-0.2, -0.15) is 0 Å². The van der Waals surface area contributed by atoms with Crippen molar-refractivity contribution in [1.82, 2.24) is 10.2 Å². The minimum absolute atomic E-state index is 0.534. The van der Waals surface area contributed by atoms with Crippen molar-refractivity contribution in [2.45, 2.75) is 59.5 Å². The molecule has 0 amide bonds. The van der Waals surface area contributed by atoms with Crippen molar-refractivity contribution in [2.75, 3.05) is 19.6 Å². The third-order valence-electron chi connectivity index (χ3n) is 4.80. The van der Waals surface area contributed by atoms with Crippen LogP contribution >= 0.6 is 0 Å². The van der Waals surface area contributed by atoms with Crippen LogP contribution in [-0.2, 0) is 0 Å². The summed E-state index contributed by atoms with van der Waals surface area (Å²) in [6, 6.07) is 7.99. The topological polar surface area (TPSA) is 15.3 Å². The van der Waals surface area contributed by atoms with Crippen LogP contribution in [0.5, 0.6) is 0 Å². The van der Waals surface area contributed by atoms with Crippen LogP contribution < -0.4 is 5.32 Å². The Bertz CT molecular complexity index is 453. The highest BCUT2D eigenvalue weighted by atomic mass is 15.2. The molecule has 1 fully saturated rings. The van der Waals surface area contributed by atoms with E-state index in [-0.39, 0.29) is 0 Å². The van der Waals surface area contributed by atoms with Crippen LogP contribution in [0.15, 0.2) is 18.2 Å². The van der Waals surface area contributed by atoms with Gasteiger partial charge < -0.3 is 5.32 Å². The van der Waals surface area contributed by atoms with Gasteiger partial charge in [-0.1, -0.05) is 37.6 Å². The van der Waals surface area contributed by atoms with Crippen molar-refractivity contribution in [1.29, 1.82) is 0 Å². The Labute approximate surface area is 130 Å². The molecule has 0 aromatic heterocycles. The molecule has 2 heteroatoms. The summed E-state index contributed by atoms with van der Waals surface area (Å²) in [7, 11) is 0. The van der Waals surface area contributed by atoms with Gasteiger partial charge in [0.2, 0.25) is 0 Å². The van der Waals surface area contributed by atoms with Crippen LogP contribution in [-0.4, -0.2) is 30.6 Å². The molecule has 2 unspecified atom stereocenters. The number of benzene rings is 1. The van der Waals surface area contributed by atoms with Crippen LogP contribution in [0.1, 0.15) is 56.3 Å². The highest BCUT2D eigenvalue weighted by molar-refractivity contribution is 5.32. The van der Waals surface area contributed by atoms with Gasteiger partial charge in [-0.05, 0) is 63.7 Å². The maximum Gasteiger partial charge on any atom is 0.0322 e. The molecule has 0 radical (unpaired) electrons. The van der Waals surface area contributed by atoms with E-state index in [2.05, 4.69) is 63.0 Å². The summed E-state index contributed by atoms with van der Waals surface area (Å²) in [5, 5.41) is 3.61. The highest BCUT2D eigenvalue weighted by Gasteiger charge is 2.25. The number of piperidine rings is 1. The molecule has 1 aliphatic heterocycles. The van der Waals surface area contributed by atoms with Crippen molar-refractivity contribution in [3.05, 3.63) is 34.9 Å². The molecule has 0 bridgehead atoms. The van der Waals surface area contributed by atoms with E-state index in [1.54, 1.807) is 0 Å². The lowest BCUT2D eigenvalue weighted by Crippen LogP contribution is -2.42. The van der Waals surface area contributed by atoms with Gasteiger partial charge in [0, 0.05) is 18.6 Å². The fourth-order valence-electron chi connectivity index (χ4n) is 3.42. The summed E-state index contributed by atoms with van der Waals surface area (Å²) < 4.78 is 0. The van der Waals surface area contributed by atoms with Gasteiger partial charge in [-0.3, -0.25) is 4.90 Å². The second-order valence-electron chi connectivity index (χ2n) is 7.10. The third kappa shape index (κ3) is 4.55. The summed E-state index contributed by atoms with van der Waals surface area (Å²) in [6.07, 6.45) is 2.70. The van der Waals surface area contributed by atoms with Crippen molar-refractivity contribution < 1.29 is 0 Å². The summed E-state index contributed by atoms with van der Waals surface area (Å²) >= 11 is 0. The molecule has 1 aromatic carbocycles. The quantitative estimate of drug-likeness (QED) is 0.878. The van der Waals surface area contributed by atoms with Gasteiger partial charge in [-0.25, -0.2) is 0 Å². The maximum atomic E-state index is 3.61. The van der Waals surface area contributed by atoms with E-state index in [1.165, 1.54) is 42.6 Å². The van der Waals surface area contributed by atoms with E-state index in [1.807, 2.05) is 0 Å². The standard InChI is InChI=1S/C19H32N2/c1-14(2)20-12-18-7-6-10-21(13-18)17(5)19-11-15(3)8-9-16(19)4/h8-9,11,14,17-18,20H,6-7,10,12-13H2,1-5H3. The van der Waals surface area contributed by atoms with E-state index in [0.717, 1.165) is 12.5 Å². The molecule has 118 valence electrons. The summed E-state index contributed by atoms with van der Waals surface area (Å²) in [5.74, 6) is 0.800. The highest BCUT2D eigenvalue weighted by Crippen LogP contribution is 2.28. The van der Waals surface area contributed by atoms with Gasteiger partial charge in [0.1, 0.15) is 0 Å². The summed E-state index contributed by atoms with van der Waals surface area (Å²) in [5.41, 5.74) is 4.31. The average Bonchev–Trinajstić information content (AvgIpc) is 2.47. The maximum absolute atomic E-state index is 3.61. The van der Waals surface area contributed by atoms with E-state index in [0.29, 0.717) is 12.1 Å². The third-order valence-corrected chi connectivity index (χ3v) is 4.80. The Hall–Kier alpha value is -0.860. The number of hydrogen-bond donors (Lipinski definition) is 1. The van der Waals surface area contributed by atoms with Gasteiger partial charge in [0.15, 0.2) is 0 Å². The van der Waals surface area contributed by atoms with Crippen LogP contribution in [0.2, 0.25) is 0 Å². The predicted octanol–water partition coefficient (Wildman–Crippen LogP) is 4.07. The Morgan fingerprint density at radius 1 is 1.24 bits per heavy atom. The van der Waals surface area contributed by atoms with E-state index in [9.17, 15) is 0 Å². The molecule has 21 heavy (non-hydrogen) atoms. The molecule has 1 aliphatic rings. The van der Waals surface area contributed by atoms with E-state index < -0.39 is 0 Å². The van der Waals surface area contributed by atoms with Crippen LogP contribution in [0.25, 0.3) is 0 Å². The Morgan fingerprint density at radius 3 is 2.71 bits per heavy atom. The molecule has 1 heterocycles. The number of rotatable bonds is 5. The van der Waals surface area contributed by atoms with E-state index >= 15 is 0 Å². The molecule has 0 aliphatic carbocycles. The average molecular weight is 288 g/mol. The number of likely N-dealkylation sites (tertiary alicyclic amines) is 1.